The van der Waals surface area contributed by atoms with Gasteiger partial charge in [0, 0.05) is 17.8 Å². The largest absolute Gasteiger partial charge is 0.326 e. The number of nitrogens with one attached hydrogen (secondary N) is 1. The molecule has 4 rings (SSSR count). The molecule has 1 fully saturated rings. The summed E-state index contributed by atoms with van der Waals surface area (Å²) < 4.78 is 0. The minimum atomic E-state index is -0.130. The number of carbonyl (C=O) groups is 2. The molecule has 158 valence electrons. The fourth-order valence-electron chi connectivity index (χ4n) is 3.81. The molecule has 0 saturated carbocycles. The van der Waals surface area contributed by atoms with Gasteiger partial charge in [-0.25, -0.2) is 0 Å². The third kappa shape index (κ3) is 5.00. The van der Waals surface area contributed by atoms with Crippen LogP contribution in [0.25, 0.3) is 0 Å². The normalized spacial score (nSPS) is 15.9. The summed E-state index contributed by atoms with van der Waals surface area (Å²) in [5.41, 5.74) is 5.91. The summed E-state index contributed by atoms with van der Waals surface area (Å²) in [5, 5.41) is 2.98. The van der Waals surface area contributed by atoms with Crippen LogP contribution < -0.4 is 5.32 Å². The van der Waals surface area contributed by atoms with Crippen molar-refractivity contribution in [2.24, 2.45) is 0 Å². The molecule has 0 aliphatic carbocycles. The molecule has 0 bridgehead atoms. The van der Waals surface area contributed by atoms with Gasteiger partial charge >= 0.3 is 0 Å². The molecular formula is C26H26N2O2S. The van der Waals surface area contributed by atoms with Gasteiger partial charge in [0.05, 0.1) is 5.75 Å². The highest BCUT2D eigenvalue weighted by atomic mass is 32.2. The van der Waals surface area contributed by atoms with Crippen molar-refractivity contribution in [1.82, 2.24) is 4.90 Å². The second kappa shape index (κ2) is 9.40. The van der Waals surface area contributed by atoms with Gasteiger partial charge in [-0.3, -0.25) is 9.59 Å². The van der Waals surface area contributed by atoms with Crippen LogP contribution in [0.4, 0.5) is 5.69 Å². The van der Waals surface area contributed by atoms with Gasteiger partial charge < -0.3 is 10.2 Å². The fourth-order valence-corrected chi connectivity index (χ4v) is 5.03. The van der Waals surface area contributed by atoms with Gasteiger partial charge in [-0.1, -0.05) is 60.2 Å². The van der Waals surface area contributed by atoms with Gasteiger partial charge in [-0.2, -0.15) is 0 Å². The zero-order valence-electron chi connectivity index (χ0n) is 17.8. The van der Waals surface area contributed by atoms with Crippen molar-refractivity contribution in [3.8, 4) is 0 Å². The highest BCUT2D eigenvalue weighted by molar-refractivity contribution is 8.00. The van der Waals surface area contributed by atoms with E-state index in [0.717, 1.165) is 23.2 Å². The first-order chi connectivity index (χ1) is 15.0. The summed E-state index contributed by atoms with van der Waals surface area (Å²) in [6.45, 7) is 4.71. The summed E-state index contributed by atoms with van der Waals surface area (Å²) >= 11 is 1.64. The zero-order valence-corrected chi connectivity index (χ0v) is 18.6. The topological polar surface area (TPSA) is 49.4 Å². The lowest BCUT2D eigenvalue weighted by atomic mass is 10.1. The molecule has 0 radical (unpaired) electrons. The number of nitrogens with zero attached hydrogens (tertiary/aromatic N) is 1. The van der Waals surface area contributed by atoms with Crippen LogP contribution in [-0.2, 0) is 11.2 Å². The van der Waals surface area contributed by atoms with E-state index in [2.05, 4.69) is 23.5 Å². The number of carbonyl (C=O) groups excluding carboxylic acids is 2. The third-order valence-corrected chi connectivity index (χ3v) is 6.80. The van der Waals surface area contributed by atoms with Crippen LogP contribution in [0.5, 0.6) is 0 Å². The maximum atomic E-state index is 12.7. The van der Waals surface area contributed by atoms with E-state index in [4.69, 9.17) is 0 Å². The molecule has 31 heavy (non-hydrogen) atoms. The van der Waals surface area contributed by atoms with Crippen LogP contribution in [-0.4, -0.2) is 29.0 Å². The smallest absolute Gasteiger partial charge is 0.255 e. The molecule has 3 aromatic carbocycles. The SMILES string of the molecule is Cc1ccc(NC(=O)c2ccc([C@@H]3SCC(=O)N3CCc3ccccc3)cc2)c(C)c1. The minimum Gasteiger partial charge on any atom is -0.326 e. The third-order valence-electron chi connectivity index (χ3n) is 5.54. The van der Waals surface area contributed by atoms with Crippen LogP contribution in [0.2, 0.25) is 0 Å². The lowest BCUT2D eigenvalue weighted by molar-refractivity contribution is -0.128. The number of thioether (sulfide) groups is 1. The van der Waals surface area contributed by atoms with Crippen LogP contribution in [0.15, 0.2) is 72.8 Å². The summed E-state index contributed by atoms with van der Waals surface area (Å²) in [6, 6.07) is 23.8. The molecule has 0 spiro atoms. The lowest BCUT2D eigenvalue weighted by Crippen LogP contribution is -2.30. The molecule has 1 aliphatic heterocycles. The molecule has 1 atom stereocenters. The second-order valence-electron chi connectivity index (χ2n) is 7.88. The Bertz CT molecular complexity index is 1080. The van der Waals surface area contributed by atoms with E-state index in [9.17, 15) is 9.59 Å². The van der Waals surface area contributed by atoms with Gasteiger partial charge in [0.1, 0.15) is 5.37 Å². The van der Waals surface area contributed by atoms with Gasteiger partial charge in [-0.05, 0) is 55.2 Å². The maximum Gasteiger partial charge on any atom is 0.255 e. The van der Waals surface area contributed by atoms with E-state index in [1.165, 1.54) is 11.1 Å². The summed E-state index contributed by atoms with van der Waals surface area (Å²) in [5.74, 6) is 0.533. The van der Waals surface area contributed by atoms with Crippen molar-refractivity contribution in [3.63, 3.8) is 0 Å². The Morgan fingerprint density at radius 1 is 1.03 bits per heavy atom. The standard InChI is InChI=1S/C26H26N2O2S/c1-18-8-13-23(19(2)16-18)27-25(30)21-9-11-22(12-10-21)26-28(24(29)17-31-26)15-14-20-6-4-3-5-7-20/h3-13,16,26H,14-15,17H2,1-2H3,(H,27,30)/t26-/m0/s1. The molecule has 0 unspecified atom stereocenters. The summed E-state index contributed by atoms with van der Waals surface area (Å²) in [4.78, 5) is 27.1. The van der Waals surface area contributed by atoms with E-state index >= 15 is 0 Å². The average molecular weight is 431 g/mol. The van der Waals surface area contributed by atoms with Crippen molar-refractivity contribution in [2.75, 3.05) is 17.6 Å². The quantitative estimate of drug-likeness (QED) is 0.572. The van der Waals surface area contributed by atoms with Gasteiger partial charge in [0.15, 0.2) is 0 Å². The molecule has 1 heterocycles. The molecule has 2 amide bonds. The van der Waals surface area contributed by atoms with Crippen LogP contribution >= 0.6 is 11.8 Å². The Morgan fingerprint density at radius 3 is 2.48 bits per heavy atom. The minimum absolute atomic E-state index is 0.00679. The number of hydrogen-bond donors (Lipinski definition) is 1. The van der Waals surface area contributed by atoms with Gasteiger partial charge in [0.25, 0.3) is 5.91 Å². The molecule has 1 saturated heterocycles. The summed E-state index contributed by atoms with van der Waals surface area (Å²) in [7, 11) is 0. The van der Waals surface area contributed by atoms with Crippen LogP contribution in [0, 0.1) is 13.8 Å². The molecule has 1 aliphatic rings. The average Bonchev–Trinajstić information content (AvgIpc) is 3.15. The number of aryl methyl sites for hydroxylation is 2. The van der Waals surface area contributed by atoms with E-state index < -0.39 is 0 Å². The Balaban J connectivity index is 1.43. The Morgan fingerprint density at radius 2 is 1.77 bits per heavy atom. The van der Waals surface area contributed by atoms with Gasteiger partial charge in [-0.15, -0.1) is 11.8 Å². The number of rotatable bonds is 6. The van der Waals surface area contributed by atoms with Crippen LogP contribution in [0.1, 0.15) is 38.0 Å². The molecule has 1 N–H and O–H groups in total. The monoisotopic (exact) mass is 430 g/mol. The van der Waals surface area contributed by atoms with Crippen molar-refractivity contribution in [1.29, 1.82) is 0 Å². The molecule has 4 nitrogen and oxygen atoms in total. The van der Waals surface area contributed by atoms with E-state index in [0.29, 0.717) is 17.9 Å². The predicted molar refractivity (Wildman–Crippen MR) is 127 cm³/mol. The maximum absolute atomic E-state index is 12.7. The number of hydrogen-bond acceptors (Lipinski definition) is 3. The lowest BCUT2D eigenvalue weighted by Gasteiger charge is -2.24. The van der Waals surface area contributed by atoms with E-state index in [1.807, 2.05) is 73.3 Å². The molecule has 0 aromatic heterocycles. The van der Waals surface area contributed by atoms with Crippen molar-refractivity contribution >= 4 is 29.3 Å². The Hall–Kier alpha value is -3.05. The van der Waals surface area contributed by atoms with Crippen molar-refractivity contribution < 1.29 is 9.59 Å². The number of amides is 2. The summed E-state index contributed by atoms with van der Waals surface area (Å²) in [6.07, 6.45) is 0.833. The second-order valence-corrected chi connectivity index (χ2v) is 8.95. The van der Waals surface area contributed by atoms with E-state index in [1.54, 1.807) is 11.8 Å². The predicted octanol–water partition coefficient (Wildman–Crippen LogP) is 5.37. The Kier molecular flexibility index (Phi) is 6.42. The highest BCUT2D eigenvalue weighted by Crippen LogP contribution is 2.38. The van der Waals surface area contributed by atoms with Gasteiger partial charge in [0.2, 0.25) is 5.91 Å². The first kappa shape index (κ1) is 21.2. The first-order valence-corrected chi connectivity index (χ1v) is 11.5. The van der Waals surface area contributed by atoms with Crippen molar-refractivity contribution in [3.05, 3.63) is 101 Å². The number of anilines is 1. The zero-order chi connectivity index (χ0) is 21.8. The molecule has 3 aromatic rings. The van der Waals surface area contributed by atoms with E-state index in [-0.39, 0.29) is 17.2 Å². The van der Waals surface area contributed by atoms with Crippen LogP contribution in [0.3, 0.4) is 0 Å². The molecule has 5 heteroatoms. The Labute approximate surface area is 187 Å². The number of benzene rings is 3. The highest BCUT2D eigenvalue weighted by Gasteiger charge is 2.32. The van der Waals surface area contributed by atoms with Crippen molar-refractivity contribution in [2.45, 2.75) is 25.6 Å². The first-order valence-electron chi connectivity index (χ1n) is 10.4. The molecular weight excluding hydrogens is 404 g/mol. The fraction of sp³-hybridized carbons (Fsp3) is 0.231.